The van der Waals surface area contributed by atoms with Gasteiger partial charge in [0.05, 0.1) is 12.6 Å². The highest BCUT2D eigenvalue weighted by Gasteiger charge is 1.94. The Kier molecular flexibility index (Phi) is 4.86. The number of hydrogen-bond donors (Lipinski definition) is 1. The average molecular weight is 244 g/mol. The maximum absolute atomic E-state index is 5.13. The van der Waals surface area contributed by atoms with Crippen LogP contribution in [-0.2, 0) is 6.42 Å². The lowest BCUT2D eigenvalue weighted by molar-refractivity contribution is 0.414. The Morgan fingerprint density at radius 1 is 1.46 bits per heavy atom. The van der Waals surface area contributed by atoms with Crippen LogP contribution >= 0.6 is 15.9 Å². The van der Waals surface area contributed by atoms with E-state index in [2.05, 4.69) is 33.4 Å². The van der Waals surface area contributed by atoms with Crippen LogP contribution in [0.5, 0.6) is 5.75 Å². The van der Waals surface area contributed by atoms with Crippen LogP contribution in [0.1, 0.15) is 5.56 Å². The number of methoxy groups -OCH3 is 1. The van der Waals surface area contributed by atoms with Gasteiger partial charge >= 0.3 is 0 Å². The summed E-state index contributed by atoms with van der Waals surface area (Å²) in [5, 5.41) is 3.21. The van der Waals surface area contributed by atoms with Gasteiger partial charge in [-0.15, -0.1) is 0 Å². The van der Waals surface area contributed by atoms with Crippen LogP contribution in [0.15, 0.2) is 24.3 Å². The van der Waals surface area contributed by atoms with Gasteiger partial charge in [-0.2, -0.15) is 0 Å². The lowest BCUT2D eigenvalue weighted by Gasteiger charge is -2.04. The molecule has 1 N–H and O–H groups in total. The molecule has 0 amide bonds. The van der Waals surface area contributed by atoms with Crippen molar-refractivity contribution in [1.82, 2.24) is 5.32 Å². The zero-order valence-corrected chi connectivity index (χ0v) is 9.30. The minimum absolute atomic E-state index is 0.844. The Morgan fingerprint density at radius 2 is 2.31 bits per heavy atom. The standard InChI is InChI=1S/C10H14BrNO/c1-13-10-4-2-3-9(7-10)5-6-12-8-11/h2-4,7,12H,5-6,8H2,1H3. The second kappa shape index (κ2) is 6.00. The average Bonchev–Trinajstić information content (AvgIpc) is 2.19. The van der Waals surface area contributed by atoms with Gasteiger partial charge in [0.15, 0.2) is 0 Å². The van der Waals surface area contributed by atoms with Gasteiger partial charge in [0.2, 0.25) is 0 Å². The Balaban J connectivity index is 2.46. The topological polar surface area (TPSA) is 21.3 Å². The van der Waals surface area contributed by atoms with Gasteiger partial charge in [-0.25, -0.2) is 0 Å². The number of benzene rings is 1. The second-order valence-corrected chi connectivity index (χ2v) is 3.30. The summed E-state index contributed by atoms with van der Waals surface area (Å²) >= 11 is 3.32. The summed E-state index contributed by atoms with van der Waals surface area (Å²) in [7, 11) is 1.69. The van der Waals surface area contributed by atoms with E-state index in [0.717, 1.165) is 24.2 Å². The van der Waals surface area contributed by atoms with Crippen LogP contribution in [0.25, 0.3) is 0 Å². The van der Waals surface area contributed by atoms with Crippen molar-refractivity contribution in [3.8, 4) is 5.75 Å². The molecule has 0 bridgehead atoms. The van der Waals surface area contributed by atoms with Gasteiger partial charge in [-0.05, 0) is 30.7 Å². The fraction of sp³-hybridized carbons (Fsp3) is 0.400. The molecule has 0 saturated carbocycles. The van der Waals surface area contributed by atoms with Crippen LogP contribution in [-0.4, -0.2) is 19.1 Å². The van der Waals surface area contributed by atoms with Gasteiger partial charge in [-0.3, -0.25) is 0 Å². The van der Waals surface area contributed by atoms with E-state index in [1.54, 1.807) is 7.11 Å². The molecule has 1 aromatic carbocycles. The quantitative estimate of drug-likeness (QED) is 0.487. The van der Waals surface area contributed by atoms with Gasteiger partial charge in [0.1, 0.15) is 5.75 Å². The molecule has 0 unspecified atom stereocenters. The van der Waals surface area contributed by atoms with Gasteiger partial charge in [0, 0.05) is 0 Å². The van der Waals surface area contributed by atoms with E-state index >= 15 is 0 Å². The van der Waals surface area contributed by atoms with E-state index < -0.39 is 0 Å². The fourth-order valence-corrected chi connectivity index (χ4v) is 1.41. The van der Waals surface area contributed by atoms with Crippen molar-refractivity contribution >= 4 is 15.9 Å². The minimum atomic E-state index is 0.844. The number of nitrogens with one attached hydrogen (secondary N) is 1. The zero-order valence-electron chi connectivity index (χ0n) is 7.72. The van der Waals surface area contributed by atoms with Crippen molar-refractivity contribution in [3.05, 3.63) is 29.8 Å². The maximum Gasteiger partial charge on any atom is 0.119 e. The summed E-state index contributed by atoms with van der Waals surface area (Å²) in [5.41, 5.74) is 2.14. The third-order valence-corrected chi connectivity index (χ3v) is 2.22. The number of rotatable bonds is 5. The van der Waals surface area contributed by atoms with Crippen molar-refractivity contribution in [2.24, 2.45) is 0 Å². The van der Waals surface area contributed by atoms with Crippen LogP contribution in [0.2, 0.25) is 0 Å². The molecule has 0 fully saturated rings. The summed E-state index contributed by atoms with van der Waals surface area (Å²) < 4.78 is 5.13. The summed E-state index contributed by atoms with van der Waals surface area (Å²) in [4.78, 5) is 0. The monoisotopic (exact) mass is 243 g/mol. The molecule has 0 aliphatic heterocycles. The first-order valence-electron chi connectivity index (χ1n) is 4.26. The Labute approximate surface area is 87.4 Å². The summed E-state index contributed by atoms with van der Waals surface area (Å²) in [5.74, 6) is 0.927. The Bertz CT molecular complexity index is 252. The van der Waals surface area contributed by atoms with Crippen molar-refractivity contribution < 1.29 is 4.74 Å². The molecular weight excluding hydrogens is 230 g/mol. The van der Waals surface area contributed by atoms with E-state index in [1.165, 1.54) is 5.56 Å². The number of halogens is 1. The fourth-order valence-electron chi connectivity index (χ4n) is 1.13. The maximum atomic E-state index is 5.13. The molecule has 0 heterocycles. The molecular formula is C10H14BrNO. The molecule has 0 saturated heterocycles. The van der Waals surface area contributed by atoms with Crippen molar-refractivity contribution in [3.63, 3.8) is 0 Å². The molecule has 0 aliphatic rings. The summed E-state index contributed by atoms with van der Waals surface area (Å²) in [6.07, 6.45) is 1.03. The highest BCUT2D eigenvalue weighted by atomic mass is 79.9. The summed E-state index contributed by atoms with van der Waals surface area (Å²) in [6, 6.07) is 8.15. The first-order valence-corrected chi connectivity index (χ1v) is 5.38. The van der Waals surface area contributed by atoms with Crippen molar-refractivity contribution in [2.45, 2.75) is 6.42 Å². The molecule has 3 heteroatoms. The molecule has 2 nitrogen and oxygen atoms in total. The van der Waals surface area contributed by atoms with Gasteiger partial charge in [-0.1, -0.05) is 28.1 Å². The molecule has 0 aromatic heterocycles. The summed E-state index contributed by atoms with van der Waals surface area (Å²) in [6.45, 7) is 0.985. The SMILES string of the molecule is COc1cccc(CCNCBr)c1. The van der Waals surface area contributed by atoms with E-state index in [1.807, 2.05) is 12.1 Å². The van der Waals surface area contributed by atoms with Crippen molar-refractivity contribution in [1.29, 1.82) is 0 Å². The largest absolute Gasteiger partial charge is 0.497 e. The predicted octanol–water partition coefficient (Wildman–Crippen LogP) is 2.18. The van der Waals surface area contributed by atoms with Crippen LogP contribution in [0, 0.1) is 0 Å². The van der Waals surface area contributed by atoms with Gasteiger partial charge in [0.25, 0.3) is 0 Å². The first-order chi connectivity index (χ1) is 6.36. The van der Waals surface area contributed by atoms with Crippen molar-refractivity contribution in [2.75, 3.05) is 19.1 Å². The minimum Gasteiger partial charge on any atom is -0.497 e. The smallest absolute Gasteiger partial charge is 0.119 e. The predicted molar refractivity (Wildman–Crippen MR) is 58.5 cm³/mol. The Morgan fingerprint density at radius 3 is 3.00 bits per heavy atom. The molecule has 13 heavy (non-hydrogen) atoms. The molecule has 0 spiro atoms. The first kappa shape index (κ1) is 10.5. The third kappa shape index (κ3) is 3.79. The third-order valence-electron chi connectivity index (χ3n) is 1.82. The molecule has 0 aliphatic carbocycles. The zero-order chi connectivity index (χ0) is 9.52. The second-order valence-electron chi connectivity index (χ2n) is 2.74. The van der Waals surface area contributed by atoms with Gasteiger partial charge < -0.3 is 10.1 Å². The normalized spacial score (nSPS) is 10.0. The van der Waals surface area contributed by atoms with Crippen LogP contribution in [0.3, 0.4) is 0 Å². The highest BCUT2D eigenvalue weighted by Crippen LogP contribution is 2.12. The molecule has 1 rings (SSSR count). The van der Waals surface area contributed by atoms with Crippen LogP contribution in [0.4, 0.5) is 0 Å². The molecule has 0 atom stereocenters. The molecule has 1 aromatic rings. The number of hydrogen-bond acceptors (Lipinski definition) is 2. The van der Waals surface area contributed by atoms with E-state index in [0.29, 0.717) is 0 Å². The molecule has 0 radical (unpaired) electrons. The van der Waals surface area contributed by atoms with E-state index in [-0.39, 0.29) is 0 Å². The van der Waals surface area contributed by atoms with Crippen LogP contribution < -0.4 is 10.1 Å². The lowest BCUT2D eigenvalue weighted by atomic mass is 10.1. The number of ether oxygens (including phenoxy) is 1. The van der Waals surface area contributed by atoms with E-state index in [4.69, 9.17) is 4.74 Å². The number of alkyl halides is 1. The molecule has 72 valence electrons. The Hall–Kier alpha value is -0.540. The highest BCUT2D eigenvalue weighted by molar-refractivity contribution is 9.09. The van der Waals surface area contributed by atoms with E-state index in [9.17, 15) is 0 Å². The lowest BCUT2D eigenvalue weighted by Crippen LogP contribution is -2.14.